The van der Waals surface area contributed by atoms with Crippen molar-refractivity contribution in [2.45, 2.75) is 32.6 Å². The Morgan fingerprint density at radius 2 is 1.75 bits per heavy atom. The van der Waals surface area contributed by atoms with Crippen LogP contribution in [0.25, 0.3) is 0 Å². The van der Waals surface area contributed by atoms with E-state index in [0.717, 1.165) is 6.42 Å². The second kappa shape index (κ2) is 15.7. The van der Waals surface area contributed by atoms with E-state index < -0.39 is 0 Å². The third kappa shape index (κ3) is 15.7. The Morgan fingerprint density at radius 1 is 1.25 bits per heavy atom. The van der Waals surface area contributed by atoms with E-state index in [1.54, 1.807) is 0 Å². The van der Waals surface area contributed by atoms with Crippen molar-refractivity contribution in [3.63, 3.8) is 0 Å². The fourth-order valence-electron chi connectivity index (χ4n) is 0.427. The number of hydrogen-bond acceptors (Lipinski definition) is 0. The molecule has 0 fully saturated rings. The Morgan fingerprint density at radius 3 is 1.88 bits per heavy atom. The Labute approximate surface area is 79.3 Å². The topological polar surface area (TPSA) is 0 Å². The molecule has 0 aliphatic heterocycles. The van der Waals surface area contributed by atoms with Crippen LogP contribution in [0.4, 0.5) is 0 Å². The van der Waals surface area contributed by atoms with Gasteiger partial charge in [-0.2, -0.15) is 6.42 Å². The van der Waals surface area contributed by atoms with E-state index in [2.05, 4.69) is 13.8 Å². The zero-order chi connectivity index (χ0) is 4.83. The molecule has 0 aromatic rings. The van der Waals surface area contributed by atoms with Gasteiger partial charge in [-0.1, -0.05) is 26.2 Å². The van der Waals surface area contributed by atoms with Gasteiger partial charge in [0.05, 0.1) is 0 Å². The number of hydrogen-bond donors (Lipinski definition) is 0. The molecule has 0 saturated carbocycles. The summed E-state index contributed by atoms with van der Waals surface area (Å²) in [6, 6.07) is 0. The standard InChI is InChI=1S/C6H13.BrH.Mg/c1-3-5-6-4-2;;/h1,3-6H2,2H3;1H;/q-1;;+2/p-1. The molecule has 8 heavy (non-hydrogen) atoms. The molecule has 46 valence electrons. The molecule has 0 heterocycles. The Kier molecular flexibility index (Phi) is 31.7. The van der Waals surface area contributed by atoms with Gasteiger partial charge in [0.15, 0.2) is 0 Å². The van der Waals surface area contributed by atoms with Crippen molar-refractivity contribution in [2.24, 2.45) is 0 Å². The van der Waals surface area contributed by atoms with Gasteiger partial charge >= 0.3 is 23.1 Å². The van der Waals surface area contributed by atoms with Crippen LogP contribution in [0.1, 0.15) is 32.6 Å². The minimum Gasteiger partial charge on any atom is -1.00 e. The van der Waals surface area contributed by atoms with Crippen molar-refractivity contribution in [1.29, 1.82) is 0 Å². The number of halogens is 1. The van der Waals surface area contributed by atoms with Gasteiger partial charge in [0, 0.05) is 0 Å². The predicted octanol–water partition coefficient (Wildman–Crippen LogP) is -0.976. The van der Waals surface area contributed by atoms with Crippen molar-refractivity contribution in [2.75, 3.05) is 0 Å². The summed E-state index contributed by atoms with van der Waals surface area (Å²) in [5.41, 5.74) is 0. The molecule has 0 rings (SSSR count). The first-order chi connectivity index (χ1) is 2.91. The molecule has 0 nitrogen and oxygen atoms in total. The van der Waals surface area contributed by atoms with Gasteiger partial charge in [0.2, 0.25) is 0 Å². The zero-order valence-electron chi connectivity index (χ0n) is 5.62. The van der Waals surface area contributed by atoms with E-state index in [1.165, 1.54) is 19.3 Å². The second-order valence-electron chi connectivity index (χ2n) is 1.56. The first-order valence-electron chi connectivity index (χ1n) is 2.71. The van der Waals surface area contributed by atoms with E-state index in [-0.39, 0.29) is 40.0 Å². The molecule has 0 aliphatic carbocycles. The average molecular weight is 189 g/mol. The van der Waals surface area contributed by atoms with Crippen LogP contribution in [-0.4, -0.2) is 23.1 Å². The normalized spacial score (nSPS) is 6.75. The molecule has 0 aromatic carbocycles. The first kappa shape index (κ1) is 16.1. The molecule has 0 unspecified atom stereocenters. The fraction of sp³-hybridized carbons (Fsp3) is 0.833. The van der Waals surface area contributed by atoms with Crippen LogP contribution < -0.4 is 17.0 Å². The molecule has 0 bridgehead atoms. The van der Waals surface area contributed by atoms with Crippen molar-refractivity contribution in [1.82, 2.24) is 0 Å². The molecule has 2 heteroatoms. The maximum absolute atomic E-state index is 3.72. The zero-order valence-corrected chi connectivity index (χ0v) is 8.62. The molecular weight excluding hydrogens is 176 g/mol. The summed E-state index contributed by atoms with van der Waals surface area (Å²) in [6.45, 7) is 5.93. The largest absolute Gasteiger partial charge is 2.00 e. The average Bonchev–Trinajstić information content (AvgIpc) is 1.61. The summed E-state index contributed by atoms with van der Waals surface area (Å²) in [5, 5.41) is 0. The van der Waals surface area contributed by atoms with Crippen LogP contribution in [-0.2, 0) is 0 Å². The third-order valence-electron chi connectivity index (χ3n) is 0.854. The van der Waals surface area contributed by atoms with Crippen LogP contribution in [0, 0.1) is 6.92 Å². The van der Waals surface area contributed by atoms with Gasteiger partial charge in [0.1, 0.15) is 0 Å². The third-order valence-corrected chi connectivity index (χ3v) is 0.854. The molecule has 0 saturated heterocycles. The predicted molar refractivity (Wildman–Crippen MR) is 35.3 cm³/mol. The summed E-state index contributed by atoms with van der Waals surface area (Å²) in [4.78, 5) is 0. The molecule has 0 aliphatic rings. The van der Waals surface area contributed by atoms with Gasteiger partial charge < -0.3 is 23.9 Å². The maximum atomic E-state index is 3.72. The Bertz CT molecular complexity index is 20.5. The van der Waals surface area contributed by atoms with Crippen LogP contribution in [0.5, 0.6) is 0 Å². The van der Waals surface area contributed by atoms with Gasteiger partial charge in [0.25, 0.3) is 0 Å². The van der Waals surface area contributed by atoms with Gasteiger partial charge in [-0.25, -0.2) is 0 Å². The summed E-state index contributed by atoms with van der Waals surface area (Å²) < 4.78 is 0. The summed E-state index contributed by atoms with van der Waals surface area (Å²) >= 11 is 0. The second-order valence-corrected chi connectivity index (χ2v) is 1.56. The minimum absolute atomic E-state index is 0. The quantitative estimate of drug-likeness (QED) is 0.304. The Hall–Kier alpha value is 1.25. The van der Waals surface area contributed by atoms with Crippen molar-refractivity contribution >= 4 is 23.1 Å². The van der Waals surface area contributed by atoms with Crippen LogP contribution in [0.15, 0.2) is 0 Å². The maximum Gasteiger partial charge on any atom is 2.00 e. The van der Waals surface area contributed by atoms with Crippen molar-refractivity contribution < 1.29 is 17.0 Å². The molecule has 0 N–H and O–H groups in total. The Balaban J connectivity index is -0.000000125. The molecular formula is C6H13BrMg. The van der Waals surface area contributed by atoms with E-state index >= 15 is 0 Å². The molecule has 0 radical (unpaired) electrons. The fourth-order valence-corrected chi connectivity index (χ4v) is 0.427. The minimum atomic E-state index is 0. The van der Waals surface area contributed by atoms with Gasteiger partial charge in [-0.15, -0.1) is 0 Å². The van der Waals surface area contributed by atoms with E-state index in [0.29, 0.717) is 0 Å². The number of unbranched alkanes of at least 4 members (excludes halogenated alkanes) is 3. The van der Waals surface area contributed by atoms with Gasteiger partial charge in [-0.3, -0.25) is 0 Å². The molecule has 0 aromatic heterocycles. The first-order valence-corrected chi connectivity index (χ1v) is 2.71. The van der Waals surface area contributed by atoms with E-state index in [9.17, 15) is 0 Å². The summed E-state index contributed by atoms with van der Waals surface area (Å²) in [7, 11) is 0. The summed E-state index contributed by atoms with van der Waals surface area (Å²) in [6.07, 6.45) is 5.07. The van der Waals surface area contributed by atoms with E-state index in [1.807, 2.05) is 0 Å². The van der Waals surface area contributed by atoms with Crippen LogP contribution in [0.2, 0.25) is 0 Å². The number of rotatable bonds is 3. The SMILES string of the molecule is [Br-].[CH2-]CCCCC.[Mg+2]. The van der Waals surface area contributed by atoms with Crippen molar-refractivity contribution in [3.8, 4) is 0 Å². The smallest absolute Gasteiger partial charge is 1.00 e. The van der Waals surface area contributed by atoms with Gasteiger partial charge in [-0.05, 0) is 0 Å². The molecule has 0 amide bonds. The molecule has 0 atom stereocenters. The molecule has 0 spiro atoms. The van der Waals surface area contributed by atoms with Crippen LogP contribution in [0.3, 0.4) is 0 Å². The van der Waals surface area contributed by atoms with Crippen LogP contribution >= 0.6 is 0 Å². The monoisotopic (exact) mass is 188 g/mol. The summed E-state index contributed by atoms with van der Waals surface area (Å²) in [5.74, 6) is 0. The van der Waals surface area contributed by atoms with Crippen molar-refractivity contribution in [3.05, 3.63) is 6.92 Å². The van der Waals surface area contributed by atoms with E-state index in [4.69, 9.17) is 0 Å².